The number of carbonyl (C=O) groups is 2. The fourth-order valence-electron chi connectivity index (χ4n) is 4.59. The molecule has 0 saturated heterocycles. The number of nitrogens with zero attached hydrogens (tertiary/aromatic N) is 3. The van der Waals surface area contributed by atoms with Gasteiger partial charge in [-0.05, 0) is 49.5 Å². The molecule has 0 spiro atoms. The van der Waals surface area contributed by atoms with E-state index in [1.807, 2.05) is 42.4 Å². The van der Waals surface area contributed by atoms with Gasteiger partial charge in [0.1, 0.15) is 5.69 Å². The number of aryl methyl sites for hydroxylation is 4. The summed E-state index contributed by atoms with van der Waals surface area (Å²) in [5, 5.41) is 6.32. The second kappa shape index (κ2) is 11.6. The summed E-state index contributed by atoms with van der Waals surface area (Å²) in [6.45, 7) is 15.3. The summed E-state index contributed by atoms with van der Waals surface area (Å²) in [5.41, 5.74) is 5.71. The Bertz CT molecular complexity index is 1370. The highest BCUT2D eigenvalue weighted by Crippen LogP contribution is 2.42. The van der Waals surface area contributed by atoms with Crippen LogP contribution in [0.1, 0.15) is 61.4 Å². The fraction of sp³-hybridized carbons (Fsp3) is 0.536. The number of carbonyl (C=O) groups excluding carboxylic acids is 2. The first-order valence-corrected chi connectivity index (χ1v) is 17.1. The van der Waals surface area contributed by atoms with E-state index < -0.39 is 8.32 Å². The van der Waals surface area contributed by atoms with Crippen LogP contribution in [0.15, 0.2) is 12.1 Å². The van der Waals surface area contributed by atoms with Crippen molar-refractivity contribution in [3.05, 3.63) is 39.7 Å². The molecule has 2 aromatic heterocycles. The van der Waals surface area contributed by atoms with Crippen molar-refractivity contribution in [3.63, 3.8) is 0 Å². The number of benzene rings is 1. The predicted molar refractivity (Wildman–Crippen MR) is 160 cm³/mol. The van der Waals surface area contributed by atoms with E-state index in [-0.39, 0.29) is 16.1 Å². The lowest BCUT2D eigenvalue weighted by atomic mass is 10.0. The number of aromatic nitrogens is 3. The lowest BCUT2D eigenvalue weighted by Gasteiger charge is -2.36. The molecule has 1 aromatic carbocycles. The zero-order valence-electron chi connectivity index (χ0n) is 24.2. The topological polar surface area (TPSA) is 75.4 Å². The zero-order valence-corrected chi connectivity index (χ0v) is 26.8. The van der Waals surface area contributed by atoms with Crippen LogP contribution >= 0.6 is 23.4 Å². The van der Waals surface area contributed by atoms with Crippen LogP contribution in [0.4, 0.5) is 0 Å². The maximum Gasteiger partial charge on any atom is 0.354 e. The van der Waals surface area contributed by atoms with Crippen molar-refractivity contribution in [2.75, 3.05) is 13.7 Å². The first-order chi connectivity index (χ1) is 17.6. The van der Waals surface area contributed by atoms with E-state index in [1.54, 1.807) is 6.92 Å². The summed E-state index contributed by atoms with van der Waals surface area (Å²) in [6, 6.07) is 3.85. The largest absolute Gasteiger partial charge is 0.464 e. The average Bonchev–Trinajstić information content (AvgIpc) is 3.25. The van der Waals surface area contributed by atoms with E-state index in [9.17, 15) is 9.59 Å². The summed E-state index contributed by atoms with van der Waals surface area (Å²) in [7, 11) is 3.28. The van der Waals surface area contributed by atoms with Gasteiger partial charge in [-0.25, -0.2) is 4.79 Å². The molecule has 0 saturated carbocycles. The SMILES string of the molecule is COC(=O)c1c(CCCO[Si](C)(C)C(C)(C)C)c2ccc(Cl)c(-c3c(CSC(C)=O)c(C)nn3C)c2n1C. The fourth-order valence-corrected chi connectivity index (χ4v) is 6.61. The van der Waals surface area contributed by atoms with Crippen LogP contribution in [-0.4, -0.2) is 47.5 Å². The molecule has 0 radical (unpaired) electrons. The molecule has 3 rings (SSSR count). The number of hydrogen-bond donors (Lipinski definition) is 0. The normalized spacial score (nSPS) is 12.4. The second-order valence-electron chi connectivity index (χ2n) is 11.2. The van der Waals surface area contributed by atoms with Gasteiger partial charge in [0.2, 0.25) is 0 Å². The molecule has 10 heteroatoms. The number of thioether (sulfide) groups is 1. The standard InChI is InChI=1S/C28H40ClN3O4SSi/c1-17-21(16-37-18(2)33)25(32(7)30-17)23-22(29)14-13-20-19(26(27(34)35-8)31(6)24(20)23)12-11-15-36-38(9,10)28(3,4)5/h13-14H,11-12,15-16H2,1-10H3. The smallest absolute Gasteiger partial charge is 0.354 e. The van der Waals surface area contributed by atoms with Crippen molar-refractivity contribution in [3.8, 4) is 11.3 Å². The molecule has 0 N–H and O–H groups in total. The van der Waals surface area contributed by atoms with Gasteiger partial charge >= 0.3 is 5.97 Å². The Labute approximate surface area is 236 Å². The van der Waals surface area contributed by atoms with E-state index >= 15 is 0 Å². The number of ether oxygens (including phenoxy) is 1. The van der Waals surface area contributed by atoms with Crippen LogP contribution in [0, 0.1) is 6.92 Å². The highest BCUT2D eigenvalue weighted by Gasteiger charge is 2.37. The average molecular weight is 578 g/mol. The first-order valence-electron chi connectivity index (χ1n) is 12.8. The molecule has 0 aliphatic heterocycles. The van der Waals surface area contributed by atoms with Crippen molar-refractivity contribution < 1.29 is 18.8 Å². The Hall–Kier alpha value is -2.07. The number of methoxy groups -OCH3 is 1. The summed E-state index contributed by atoms with van der Waals surface area (Å²) in [6.07, 6.45) is 1.44. The van der Waals surface area contributed by atoms with Crippen molar-refractivity contribution in [1.82, 2.24) is 14.3 Å². The Kier molecular flexibility index (Phi) is 9.28. The summed E-state index contributed by atoms with van der Waals surface area (Å²) >= 11 is 8.10. The molecule has 7 nitrogen and oxygen atoms in total. The monoisotopic (exact) mass is 577 g/mol. The minimum atomic E-state index is -1.87. The Morgan fingerprint density at radius 2 is 1.82 bits per heavy atom. The highest BCUT2D eigenvalue weighted by molar-refractivity contribution is 8.12. The molecule has 3 aromatic rings. The minimum Gasteiger partial charge on any atom is -0.464 e. The van der Waals surface area contributed by atoms with Crippen molar-refractivity contribution >= 4 is 53.7 Å². The van der Waals surface area contributed by atoms with Gasteiger partial charge in [0, 0.05) is 49.9 Å². The lowest BCUT2D eigenvalue weighted by Crippen LogP contribution is -2.41. The maximum absolute atomic E-state index is 13.0. The molecular formula is C28H40ClN3O4SSi. The van der Waals surface area contributed by atoms with Gasteiger partial charge in [-0.1, -0.05) is 50.2 Å². The van der Waals surface area contributed by atoms with Gasteiger partial charge in [0.25, 0.3) is 0 Å². The molecule has 0 atom stereocenters. The van der Waals surface area contributed by atoms with E-state index in [1.165, 1.54) is 18.9 Å². The minimum absolute atomic E-state index is 0.0394. The van der Waals surface area contributed by atoms with Crippen LogP contribution in [0.2, 0.25) is 23.2 Å². The quantitative estimate of drug-likeness (QED) is 0.154. The Balaban J connectivity index is 2.15. The molecule has 0 fully saturated rings. The highest BCUT2D eigenvalue weighted by atomic mass is 35.5. The third-order valence-electron chi connectivity index (χ3n) is 7.63. The number of halogens is 1. The number of hydrogen-bond acceptors (Lipinski definition) is 6. The molecule has 208 valence electrons. The first kappa shape index (κ1) is 30.5. The van der Waals surface area contributed by atoms with Crippen LogP contribution in [-0.2, 0) is 40.2 Å². The van der Waals surface area contributed by atoms with E-state index in [2.05, 4.69) is 39.0 Å². The van der Waals surface area contributed by atoms with Crippen molar-refractivity contribution in [1.29, 1.82) is 0 Å². The van der Waals surface area contributed by atoms with Crippen LogP contribution < -0.4 is 0 Å². The molecule has 0 aliphatic rings. The number of fused-ring (bicyclic) bond motifs is 1. The maximum atomic E-state index is 13.0. The van der Waals surface area contributed by atoms with Gasteiger partial charge < -0.3 is 13.7 Å². The Morgan fingerprint density at radius 1 is 1.16 bits per heavy atom. The van der Waals surface area contributed by atoms with E-state index in [0.717, 1.165) is 45.4 Å². The number of rotatable bonds is 9. The molecule has 0 amide bonds. The molecule has 0 aliphatic carbocycles. The Morgan fingerprint density at radius 3 is 2.39 bits per heavy atom. The van der Waals surface area contributed by atoms with Crippen molar-refractivity contribution in [2.45, 2.75) is 71.3 Å². The van der Waals surface area contributed by atoms with Crippen LogP contribution in [0.5, 0.6) is 0 Å². The van der Waals surface area contributed by atoms with Gasteiger partial charge in [0.15, 0.2) is 13.4 Å². The molecule has 0 bridgehead atoms. The van der Waals surface area contributed by atoms with E-state index in [4.69, 9.17) is 20.8 Å². The second-order valence-corrected chi connectivity index (χ2v) is 17.6. The van der Waals surface area contributed by atoms with Crippen molar-refractivity contribution in [2.24, 2.45) is 14.1 Å². The lowest BCUT2D eigenvalue weighted by molar-refractivity contribution is -0.109. The number of esters is 1. The third-order valence-corrected chi connectivity index (χ3v) is 13.3. The zero-order chi connectivity index (χ0) is 28.6. The van der Waals surface area contributed by atoms with Crippen LogP contribution in [0.25, 0.3) is 22.2 Å². The van der Waals surface area contributed by atoms with Gasteiger partial charge in [-0.15, -0.1) is 0 Å². The molecule has 0 unspecified atom stereocenters. The molecule has 2 heterocycles. The molecule has 38 heavy (non-hydrogen) atoms. The third kappa shape index (κ3) is 5.90. The molecular weight excluding hydrogens is 538 g/mol. The summed E-state index contributed by atoms with van der Waals surface area (Å²) in [4.78, 5) is 24.8. The van der Waals surface area contributed by atoms with Gasteiger partial charge in [0.05, 0.1) is 29.0 Å². The van der Waals surface area contributed by atoms with E-state index in [0.29, 0.717) is 29.5 Å². The predicted octanol–water partition coefficient (Wildman–Crippen LogP) is 7.06. The van der Waals surface area contributed by atoms with Gasteiger partial charge in [-0.3, -0.25) is 9.48 Å². The summed E-state index contributed by atoms with van der Waals surface area (Å²) < 4.78 is 15.3. The van der Waals surface area contributed by atoms with Crippen LogP contribution in [0.3, 0.4) is 0 Å². The van der Waals surface area contributed by atoms with Gasteiger partial charge in [-0.2, -0.15) is 5.10 Å². The summed E-state index contributed by atoms with van der Waals surface area (Å²) in [5.74, 6) is 0.0998.